The maximum Gasteiger partial charge on any atom is 2.00 e. The molecule has 0 aromatic rings. The summed E-state index contributed by atoms with van der Waals surface area (Å²) in [5, 5.41) is 20.4. The first-order valence-electron chi connectivity index (χ1n) is 17.2. The van der Waals surface area contributed by atoms with Crippen LogP contribution in [-0.4, -0.2) is 11.9 Å². The Labute approximate surface area is 285 Å². The van der Waals surface area contributed by atoms with Crippen LogP contribution in [0.5, 0.6) is 0 Å². The van der Waals surface area contributed by atoms with Crippen molar-refractivity contribution in [2.24, 2.45) is 0 Å². The monoisotopic (exact) mass is 681 g/mol. The van der Waals surface area contributed by atoms with Gasteiger partial charge in [0.1, 0.15) is 0 Å². The van der Waals surface area contributed by atoms with E-state index < -0.39 is 11.9 Å². The second kappa shape index (κ2) is 45.0. The average Bonchev–Trinajstić information content (AvgIpc) is 2.93. The fourth-order valence-electron chi connectivity index (χ4n) is 4.68. The van der Waals surface area contributed by atoms with Crippen molar-refractivity contribution < 1.29 is 56.3 Å². The zero-order valence-corrected chi connectivity index (χ0v) is 32.0. The summed E-state index contributed by atoms with van der Waals surface area (Å²) < 4.78 is 0. The molecule has 1 radical (unpaired) electrons. The zero-order chi connectivity index (χ0) is 29.8. The summed E-state index contributed by atoms with van der Waals surface area (Å²) in [5.74, 6) is -1.83. The second-order valence-corrected chi connectivity index (χ2v) is 11.4. The first-order valence-corrected chi connectivity index (χ1v) is 17.2. The largest absolute Gasteiger partial charge is 2.00 e. The molecule has 42 heavy (non-hydrogen) atoms. The van der Waals surface area contributed by atoms with Crippen molar-refractivity contribution in [3.8, 4) is 0 Å². The van der Waals surface area contributed by atoms with E-state index in [4.69, 9.17) is 0 Å². The van der Waals surface area contributed by atoms with Gasteiger partial charge in [0.2, 0.25) is 0 Å². The van der Waals surface area contributed by atoms with Gasteiger partial charge in [-0.2, -0.15) is 0 Å². The Kier molecular flexibility index (Phi) is 51.9. The van der Waals surface area contributed by atoms with Gasteiger partial charge in [-0.1, -0.05) is 141 Å². The number of aliphatic carboxylic acids is 2. The molecule has 241 valence electrons. The van der Waals surface area contributed by atoms with Crippen molar-refractivity contribution in [1.82, 2.24) is 0 Å². The van der Waals surface area contributed by atoms with Crippen LogP contribution in [0, 0.1) is 0 Å². The first kappa shape index (κ1) is 48.5. The average molecular weight is 683 g/mol. The molecule has 0 atom stereocenters. The SMILES string of the molecule is CCCCCCCC/C=C\CCCCCCCC(=O)[O-].CCCCCCCC/C=C\CCCCCCCC(=O)[O-].[Mn+2].[Zn+2]. The molecule has 6 heteroatoms. The molecular weight excluding hydrogens is 617 g/mol. The predicted molar refractivity (Wildman–Crippen MR) is 169 cm³/mol. The van der Waals surface area contributed by atoms with E-state index in [1.165, 1.54) is 128 Å². The molecule has 4 nitrogen and oxygen atoms in total. The molecule has 0 amide bonds. The molecule has 0 aromatic heterocycles. The Balaban J connectivity index is -0.000000328. The normalized spacial score (nSPS) is 10.7. The van der Waals surface area contributed by atoms with Gasteiger partial charge in [-0.25, -0.2) is 0 Å². The molecule has 0 bridgehead atoms. The van der Waals surface area contributed by atoms with Crippen LogP contribution >= 0.6 is 0 Å². The van der Waals surface area contributed by atoms with Gasteiger partial charge in [0.25, 0.3) is 0 Å². The summed E-state index contributed by atoms with van der Waals surface area (Å²) in [6.45, 7) is 4.51. The van der Waals surface area contributed by atoms with Gasteiger partial charge in [-0.05, 0) is 77.0 Å². The van der Waals surface area contributed by atoms with Gasteiger partial charge in [0.15, 0.2) is 0 Å². The summed E-state index contributed by atoms with van der Waals surface area (Å²) in [5.41, 5.74) is 0. The molecule has 0 fully saturated rings. The number of hydrogen-bond donors (Lipinski definition) is 0. The van der Waals surface area contributed by atoms with Gasteiger partial charge < -0.3 is 19.8 Å². The number of hydrogen-bond acceptors (Lipinski definition) is 4. The quantitative estimate of drug-likeness (QED) is 0.0429. The van der Waals surface area contributed by atoms with Crippen molar-refractivity contribution >= 4 is 11.9 Å². The van der Waals surface area contributed by atoms with Gasteiger partial charge >= 0.3 is 36.5 Å². The van der Waals surface area contributed by atoms with Crippen LogP contribution in [-0.2, 0) is 46.1 Å². The number of carbonyl (C=O) groups excluding carboxylic acids is 2. The van der Waals surface area contributed by atoms with Crippen LogP contribution in [0.2, 0.25) is 0 Å². The minimum atomic E-state index is -0.914. The number of carboxylic acids is 2. The third-order valence-corrected chi connectivity index (χ3v) is 7.29. The van der Waals surface area contributed by atoms with E-state index in [9.17, 15) is 19.8 Å². The van der Waals surface area contributed by atoms with Crippen LogP contribution in [0.15, 0.2) is 24.3 Å². The summed E-state index contributed by atoms with van der Waals surface area (Å²) >= 11 is 0. The maximum absolute atomic E-state index is 10.2. The smallest absolute Gasteiger partial charge is 0.550 e. The van der Waals surface area contributed by atoms with Crippen molar-refractivity contribution in [3.63, 3.8) is 0 Å². The summed E-state index contributed by atoms with van der Waals surface area (Å²) in [6, 6.07) is 0. The Morgan fingerprint density at radius 3 is 0.857 bits per heavy atom. The first-order chi connectivity index (χ1) is 19.5. The molecule has 0 rings (SSSR count). The van der Waals surface area contributed by atoms with Gasteiger partial charge in [-0.15, -0.1) is 0 Å². The van der Waals surface area contributed by atoms with Crippen molar-refractivity contribution in [2.75, 3.05) is 0 Å². The number of carboxylic acid groups (broad SMARTS) is 2. The van der Waals surface area contributed by atoms with E-state index in [0.717, 1.165) is 38.5 Å². The van der Waals surface area contributed by atoms with E-state index in [1.54, 1.807) is 0 Å². The Morgan fingerprint density at radius 1 is 0.405 bits per heavy atom. The minimum absolute atomic E-state index is 0. The van der Waals surface area contributed by atoms with Gasteiger partial charge in [-0.3, -0.25) is 0 Å². The third kappa shape index (κ3) is 52.2. The Bertz CT molecular complexity index is 531. The van der Waals surface area contributed by atoms with E-state index in [2.05, 4.69) is 38.2 Å². The zero-order valence-electron chi connectivity index (χ0n) is 27.8. The van der Waals surface area contributed by atoms with Gasteiger partial charge in [0, 0.05) is 11.9 Å². The second-order valence-electron chi connectivity index (χ2n) is 11.4. The minimum Gasteiger partial charge on any atom is -0.550 e. The number of rotatable bonds is 30. The standard InChI is InChI=1S/2C18H34O2.Mn.Zn/c2*1-2-3-4-5-6-7-8-9-10-11-12-13-14-15-16-17-18(19)20;;/h2*9-10H,2-8,11-17H2,1H3,(H,19,20);;/q;;2*+2/p-2/b2*10-9-;;. The molecule has 0 aliphatic heterocycles. The molecule has 0 unspecified atom stereocenters. The Hall–Kier alpha value is -0.437. The summed E-state index contributed by atoms with van der Waals surface area (Å²) in [7, 11) is 0. The molecule has 0 aliphatic rings. The molecule has 0 spiro atoms. The summed E-state index contributed by atoms with van der Waals surface area (Å²) in [6.07, 6.45) is 41.8. The molecule has 0 heterocycles. The van der Waals surface area contributed by atoms with Crippen LogP contribution in [0.25, 0.3) is 0 Å². The number of carbonyl (C=O) groups is 2. The van der Waals surface area contributed by atoms with E-state index in [1.807, 2.05) is 0 Å². The third-order valence-electron chi connectivity index (χ3n) is 7.29. The molecule has 0 aromatic carbocycles. The molecule has 0 saturated carbocycles. The molecular formula is C36H66MnO4Zn+2. The maximum atomic E-state index is 10.2. The fourth-order valence-corrected chi connectivity index (χ4v) is 4.68. The number of unbranched alkanes of at least 4 members (excludes halogenated alkanes) is 22. The predicted octanol–water partition coefficient (Wildman–Crippen LogP) is 9.54. The van der Waals surface area contributed by atoms with E-state index in [0.29, 0.717) is 0 Å². The van der Waals surface area contributed by atoms with Crippen molar-refractivity contribution in [2.45, 2.75) is 194 Å². The molecule has 0 N–H and O–H groups in total. The van der Waals surface area contributed by atoms with Crippen LogP contribution in [0.4, 0.5) is 0 Å². The number of allylic oxidation sites excluding steroid dienone is 4. The van der Waals surface area contributed by atoms with Crippen LogP contribution in [0.1, 0.15) is 194 Å². The molecule has 0 saturated heterocycles. The molecule has 0 aliphatic carbocycles. The van der Waals surface area contributed by atoms with E-state index >= 15 is 0 Å². The summed E-state index contributed by atoms with van der Waals surface area (Å²) in [4.78, 5) is 20.4. The van der Waals surface area contributed by atoms with Crippen LogP contribution < -0.4 is 10.2 Å². The topological polar surface area (TPSA) is 80.3 Å². The van der Waals surface area contributed by atoms with Crippen LogP contribution in [0.3, 0.4) is 0 Å². The van der Waals surface area contributed by atoms with Gasteiger partial charge in [0.05, 0.1) is 0 Å². The van der Waals surface area contributed by atoms with Crippen molar-refractivity contribution in [1.29, 1.82) is 0 Å². The van der Waals surface area contributed by atoms with Crippen molar-refractivity contribution in [3.05, 3.63) is 24.3 Å². The Morgan fingerprint density at radius 2 is 0.619 bits per heavy atom. The van der Waals surface area contributed by atoms with E-state index in [-0.39, 0.29) is 49.4 Å². The fraction of sp³-hybridized carbons (Fsp3) is 0.833.